The third-order valence-corrected chi connectivity index (χ3v) is 35.5. The molecule has 7 aliphatic rings. The van der Waals surface area contributed by atoms with Gasteiger partial charge < -0.3 is 167 Å². The van der Waals surface area contributed by atoms with Crippen molar-refractivity contribution in [2.75, 3.05) is 75.4 Å². The second-order valence-electron chi connectivity index (χ2n) is 34.0. The zero-order valence-electron chi connectivity index (χ0n) is 76.5. The Balaban J connectivity index is 0.557. The molecule has 11 aromatic heterocycles. The lowest BCUT2D eigenvalue weighted by Gasteiger charge is -2.36. The molecule has 0 radical (unpaired) electrons. The van der Waals surface area contributed by atoms with Crippen molar-refractivity contribution in [3.05, 3.63) is 142 Å². The summed E-state index contributed by atoms with van der Waals surface area (Å²) in [5.41, 5.74) is 26.5. The van der Waals surface area contributed by atoms with Crippen molar-refractivity contribution in [3.63, 3.8) is 0 Å². The van der Waals surface area contributed by atoms with Gasteiger partial charge in [-0.3, -0.25) is 65.9 Å². The maximum atomic E-state index is 15.0. The third-order valence-electron chi connectivity index (χ3n) is 24.4. The van der Waals surface area contributed by atoms with Crippen LogP contribution in [0.5, 0.6) is 0 Å². The molecule has 0 aliphatic carbocycles. The summed E-state index contributed by atoms with van der Waals surface area (Å²) in [7, 11) is 1.06. The summed E-state index contributed by atoms with van der Waals surface area (Å²) in [5, 5.41) is 0. The molecular formula is C72H87N27O34P7S7-7. The fourth-order valence-corrected chi connectivity index (χ4v) is 27.0. The van der Waals surface area contributed by atoms with Gasteiger partial charge >= 0.3 is 17.1 Å². The van der Waals surface area contributed by atoms with Crippen LogP contribution in [-0.2, 0) is 184 Å². The van der Waals surface area contributed by atoms with Crippen LogP contribution >= 0.6 is 47.1 Å². The minimum absolute atomic E-state index is 0.00566. The predicted octanol–water partition coefficient (Wildman–Crippen LogP) is -2.14. The summed E-state index contributed by atoms with van der Waals surface area (Å²) in [6, 6.07) is 0. The molecule has 147 heavy (non-hydrogen) atoms. The normalized spacial score (nSPS) is 29.4. The molecule has 61 nitrogen and oxygen atoms in total. The number of rotatable bonds is 41. The molecule has 0 saturated carbocycles. The monoisotopic (exact) mass is 2310 g/mol. The van der Waals surface area contributed by atoms with Gasteiger partial charge in [0, 0.05) is 87.3 Å². The Morgan fingerprint density at radius 3 is 0.986 bits per heavy atom. The summed E-state index contributed by atoms with van der Waals surface area (Å²) in [6.07, 6.45) is -17.0. The molecule has 0 aromatic carbocycles. The molecular weight excluding hydrogens is 2230 g/mol. The number of ether oxygens (including phenoxy) is 7. The van der Waals surface area contributed by atoms with Crippen molar-refractivity contribution in [3.8, 4) is 0 Å². The number of H-pyrrole nitrogens is 3. The molecule has 798 valence electrons. The maximum absolute atomic E-state index is 15.0. The zero-order valence-corrected chi connectivity index (χ0v) is 88.5. The van der Waals surface area contributed by atoms with Gasteiger partial charge in [-0.05, 0) is 27.2 Å². The number of anilines is 5. The number of nitrogens with one attached hydrogen (secondary N) is 3. The van der Waals surface area contributed by atoms with E-state index in [1.165, 1.54) is 71.7 Å². The summed E-state index contributed by atoms with van der Waals surface area (Å²) >= 11 is 38.2. The number of nitrogens with zero attached hydrogens (tertiary/aromatic N) is 19. The van der Waals surface area contributed by atoms with Crippen LogP contribution in [0.15, 0.2) is 91.6 Å². The smallest absolute Gasteiger partial charge is 0.351 e. The number of aromatic nitrogens is 22. The van der Waals surface area contributed by atoms with E-state index in [-0.39, 0.29) is 106 Å². The van der Waals surface area contributed by atoms with Crippen LogP contribution in [0.3, 0.4) is 0 Å². The lowest BCUT2D eigenvalue weighted by atomic mass is 10.1. The third kappa shape index (κ3) is 24.9. The van der Waals surface area contributed by atoms with E-state index in [1.807, 2.05) is 0 Å². The molecule has 11 aromatic rings. The van der Waals surface area contributed by atoms with Crippen molar-refractivity contribution in [2.45, 2.75) is 208 Å². The molecule has 28 atom stereocenters. The van der Waals surface area contributed by atoms with E-state index >= 15 is 4.89 Å². The molecule has 0 amide bonds. The van der Waals surface area contributed by atoms with E-state index in [4.69, 9.17) is 208 Å². The molecule has 18 heterocycles. The lowest BCUT2D eigenvalue weighted by Crippen LogP contribution is -2.34. The first-order chi connectivity index (χ1) is 69.5. The first-order valence-corrected chi connectivity index (χ1v) is 61.9. The maximum Gasteiger partial charge on any atom is 0.351 e. The highest BCUT2D eigenvalue weighted by molar-refractivity contribution is 8.32. The SMILES string of the molecule is CC[C@H]1O[C@@H](n2cnc3c(N)ncnc32)C[C@H]1OP([O-])(=S)OC[C@H]1O[C@@H](n2cc(C)c(N)nc2=O)C[C@H]1OP([O-])(=S)OC[C@H]1O[C@@H](n2cnc3c(N)ncnc32)C[C@H]1OP([O-])(=S)OC[C@H]1O[C@@H](n2cc(C)c(=O)[nH]c2=O)C[C@H]1OP(=O)([S-])OC[C@H]1O[C@@H](n2cc(C)c(=O)[nH]c2=O)C[C@H]1OP([O-])(=S)OC[C@H]1O[C@@H](n2cnc3c(=O)[nH]c(N)nc32)C[C@H]1OP([O-])(=S)OC[C@H]1O[C@@H](n2cnc3c(N)ncnc32)C[C@H]1OP([O-])(=S)OC. The summed E-state index contributed by atoms with van der Waals surface area (Å²) in [6.45, 7) is -32.4. The van der Waals surface area contributed by atoms with Crippen LogP contribution in [0.4, 0.5) is 29.2 Å². The van der Waals surface area contributed by atoms with Crippen molar-refractivity contribution in [1.82, 2.24) is 107 Å². The fourth-order valence-electron chi connectivity index (χ4n) is 17.3. The average Bonchev–Trinajstić information content (AvgIpc) is 1.63. The number of fused-ring (bicyclic) bond motifs is 4. The Morgan fingerprint density at radius 2 is 0.646 bits per heavy atom. The topological polar surface area (TPSA) is 818 Å². The van der Waals surface area contributed by atoms with Gasteiger partial charge in [0.1, 0.15) is 162 Å². The van der Waals surface area contributed by atoms with Gasteiger partial charge in [-0.15, -0.1) is 0 Å². The first kappa shape index (κ1) is 109. The van der Waals surface area contributed by atoms with Crippen molar-refractivity contribution in [1.29, 1.82) is 0 Å². The number of hydrogen-bond acceptors (Lipinski definition) is 58. The van der Waals surface area contributed by atoms with Gasteiger partial charge in [0.15, 0.2) is 52.4 Å². The van der Waals surface area contributed by atoms with E-state index in [0.717, 1.165) is 39.5 Å². The predicted molar refractivity (Wildman–Crippen MR) is 519 cm³/mol. The van der Waals surface area contributed by atoms with E-state index in [1.54, 1.807) is 18.4 Å². The number of nitrogen functional groups attached to an aromatic ring is 5. The lowest BCUT2D eigenvalue weighted by molar-refractivity contribution is -0.222. The second kappa shape index (κ2) is 43.9. The number of aryl methyl sites for hydroxylation is 3. The quantitative estimate of drug-likeness (QED) is 0.0150. The van der Waals surface area contributed by atoms with E-state index in [2.05, 4.69) is 74.8 Å². The van der Waals surface area contributed by atoms with Crippen molar-refractivity contribution >= 4 is 204 Å². The summed E-state index contributed by atoms with van der Waals surface area (Å²) in [5.74, 6) is -0.278. The number of nitrogens with two attached hydrogens (primary N) is 5. The fraction of sp³-hybridized carbons (Fsp3) is 0.556. The van der Waals surface area contributed by atoms with Crippen molar-refractivity contribution < 1.29 is 130 Å². The van der Waals surface area contributed by atoms with Gasteiger partial charge in [0.2, 0.25) is 5.95 Å². The Hall–Kier alpha value is -7.36. The van der Waals surface area contributed by atoms with Crippen LogP contribution in [0.1, 0.15) is 119 Å². The second-order valence-corrected chi connectivity index (χ2v) is 53.1. The summed E-state index contributed by atoms with van der Waals surface area (Å²) in [4.78, 5) is 223. The minimum Gasteiger partial charge on any atom is -0.780 e. The highest BCUT2D eigenvalue weighted by Gasteiger charge is 2.50. The zero-order chi connectivity index (χ0) is 105. The molecule has 7 aliphatic heterocycles. The molecule has 0 bridgehead atoms. The first-order valence-electron chi connectivity index (χ1n) is 44.0. The van der Waals surface area contributed by atoms with E-state index < -0.39 is 262 Å². The average molecular weight is 2320 g/mol. The molecule has 75 heteroatoms. The standard InChI is InChI=1S/C72H94N27O34P7S7/c1-6-33-34(7-50(120-33)96-26-84-54-59(74)78-23-81-62(54)96)128-135(107,142)114-18-42-36(8-47(121-42)93-14-30(2)58(73)88-70(93)103)129-137(109,144)118-21-45-39(12-52(125-45)98-28-86-56-61(76)80-25-83-64(56)98)132-140(112,147)117-20-44-37(9-48(123-44)94-15-31(3)66(100)91-71(94)104)130-136(108,143)116-19-43-38(10-49(122-43)95-16-32(4)67(101)92-72(95)105)131-138(110,145)119-22-46-40(13-53(126-46)99-29-87-57-65(99)89-69(77)90-68(57)102)133-139(111,146)115-17-41-35(127-134(106,141)113-5)11-51(124-41)97-27-85-55-60(75)79-24-82-63(55)97/h14-16,23-29,33-53H,6-13,17-22H2,1-5H3,(H,106,141)(H,107,142)(H,108,143)(H,109,144)(H,110,145)(H,111,146)(H,112,147)(H2,73,88,103)(H2,74,78,81)(H2,75,79,82)(H2,76,80,83)(H,91,100,104)(H,92,101,105)(H3,77,89,90,102)/p-7/t33-,34-,35-,36-,37-,38-,39-,40-,41-,42-,43-,44-,45-,46-,47-,48-,49-,50-,51-,52-,53-,134?,135?,136?,137?,138?,139?,140?/m1/s1. The number of hydrogen-bond donors (Lipinski definition) is 8. The van der Waals surface area contributed by atoms with Gasteiger partial charge in [-0.2, -0.15) is 9.97 Å². The molecule has 13 N–H and O–H groups in total. The highest BCUT2D eigenvalue weighted by Crippen LogP contribution is 2.57. The van der Waals surface area contributed by atoms with Crippen molar-refractivity contribution in [2.24, 2.45) is 0 Å². The Labute approximate surface area is 861 Å². The van der Waals surface area contributed by atoms with Gasteiger partial charge in [0.25, 0.3) is 16.7 Å². The van der Waals surface area contributed by atoms with Crippen LogP contribution in [-0.4, -0.2) is 239 Å². The largest absolute Gasteiger partial charge is 0.780 e. The Kier molecular flexibility index (Phi) is 32.7. The molecule has 0 spiro atoms. The molecule has 7 saturated heterocycles. The Bertz CT molecular complexity index is 7600. The Morgan fingerprint density at radius 1 is 0.361 bits per heavy atom. The minimum atomic E-state index is -5.08. The summed E-state index contributed by atoms with van der Waals surface area (Å²) < 4.78 is 150. The number of imidazole rings is 4. The highest BCUT2D eigenvalue weighted by atomic mass is 32.7. The van der Waals surface area contributed by atoms with Crippen LogP contribution in [0, 0.1) is 20.8 Å². The van der Waals surface area contributed by atoms with Crippen LogP contribution in [0.25, 0.3) is 44.7 Å². The van der Waals surface area contributed by atoms with Gasteiger partial charge in [-0.25, -0.2) is 64.2 Å². The molecule has 7 fully saturated rings. The number of aromatic amines is 3. The van der Waals surface area contributed by atoms with Crippen LogP contribution in [0.2, 0.25) is 0 Å². The molecule has 7 unspecified atom stereocenters. The van der Waals surface area contributed by atoms with Crippen LogP contribution < -0.4 is 91.8 Å². The van der Waals surface area contributed by atoms with E-state index in [0.29, 0.717) is 23.1 Å². The van der Waals surface area contributed by atoms with E-state index in [9.17, 15) is 57.8 Å². The van der Waals surface area contributed by atoms with Gasteiger partial charge in [-0.1, -0.05) is 77.8 Å². The molecule has 18 rings (SSSR count). The van der Waals surface area contributed by atoms with Gasteiger partial charge in [0.05, 0.1) is 114 Å².